The number of para-hydroxylation sites is 1. The van der Waals surface area contributed by atoms with E-state index >= 15 is 0 Å². The molecule has 0 radical (unpaired) electrons. The first-order valence-electron chi connectivity index (χ1n) is 15.2. The van der Waals surface area contributed by atoms with Crippen LogP contribution in [0.4, 0.5) is 0 Å². The number of hydrogen-bond acceptors (Lipinski definition) is 0. The lowest BCUT2D eigenvalue weighted by atomic mass is 9.98. The highest BCUT2D eigenvalue weighted by Crippen LogP contribution is 2.39. The van der Waals surface area contributed by atoms with E-state index in [0.29, 0.717) is 0 Å². The summed E-state index contributed by atoms with van der Waals surface area (Å²) in [4.78, 5) is 3.73. The molecule has 0 aliphatic rings. The van der Waals surface area contributed by atoms with Gasteiger partial charge in [0.05, 0.1) is 11.0 Å². The van der Waals surface area contributed by atoms with Gasteiger partial charge in [0.25, 0.3) is 0 Å². The van der Waals surface area contributed by atoms with Crippen molar-refractivity contribution in [3.05, 3.63) is 152 Å². The third kappa shape index (κ3) is 3.37. The van der Waals surface area contributed by atoms with Crippen LogP contribution in [0.25, 0.3) is 92.7 Å². The average molecular weight is 559 g/mol. The first kappa shape index (κ1) is 23.7. The topological polar surface area (TPSA) is 20.7 Å². The van der Waals surface area contributed by atoms with Crippen LogP contribution >= 0.6 is 0 Å². The van der Waals surface area contributed by atoms with Gasteiger partial charge in [0.15, 0.2) is 0 Å². The number of fused-ring (bicyclic) bond motifs is 10. The Balaban J connectivity index is 1.17. The summed E-state index contributed by atoms with van der Waals surface area (Å²) in [7, 11) is 0. The van der Waals surface area contributed by atoms with Gasteiger partial charge in [0.1, 0.15) is 0 Å². The lowest BCUT2D eigenvalue weighted by Crippen LogP contribution is -1.94. The molecule has 10 aromatic rings. The van der Waals surface area contributed by atoms with Crippen molar-refractivity contribution in [1.82, 2.24) is 9.55 Å². The van der Waals surface area contributed by atoms with Gasteiger partial charge in [-0.05, 0) is 92.0 Å². The minimum atomic E-state index is 1.16. The van der Waals surface area contributed by atoms with Crippen LogP contribution in [-0.2, 0) is 0 Å². The Hall–Kier alpha value is -5.86. The number of hydrogen-bond donors (Lipinski definition) is 1. The van der Waals surface area contributed by atoms with Crippen LogP contribution in [0.1, 0.15) is 0 Å². The van der Waals surface area contributed by atoms with Gasteiger partial charge < -0.3 is 9.55 Å². The van der Waals surface area contributed by atoms with Crippen molar-refractivity contribution in [2.24, 2.45) is 0 Å². The van der Waals surface area contributed by atoms with Crippen LogP contribution < -0.4 is 0 Å². The summed E-state index contributed by atoms with van der Waals surface area (Å²) < 4.78 is 2.42. The molecule has 2 heterocycles. The smallest absolute Gasteiger partial charge is 0.0562 e. The minimum absolute atomic E-state index is 1.16. The van der Waals surface area contributed by atoms with Crippen molar-refractivity contribution in [3.8, 4) is 16.8 Å². The summed E-state index contributed by atoms with van der Waals surface area (Å²) in [5, 5.41) is 12.7. The molecule has 0 fully saturated rings. The number of nitrogens with zero attached hydrogens (tertiary/aromatic N) is 1. The minimum Gasteiger partial charge on any atom is -0.354 e. The number of aromatic amines is 1. The highest BCUT2D eigenvalue weighted by atomic mass is 15.0. The summed E-state index contributed by atoms with van der Waals surface area (Å²) in [6, 6.07) is 55.6. The van der Waals surface area contributed by atoms with Crippen molar-refractivity contribution in [3.63, 3.8) is 0 Å². The lowest BCUT2D eigenvalue weighted by Gasteiger charge is -2.11. The van der Waals surface area contributed by atoms with Gasteiger partial charge in [0, 0.05) is 38.3 Å². The van der Waals surface area contributed by atoms with Gasteiger partial charge in [-0.3, -0.25) is 0 Å². The Morgan fingerprint density at radius 1 is 0.364 bits per heavy atom. The van der Waals surface area contributed by atoms with Crippen molar-refractivity contribution in [2.45, 2.75) is 0 Å². The number of H-pyrrole nitrogens is 1. The predicted octanol–water partition coefficient (Wildman–Crippen LogP) is 11.5. The molecular formula is C42H26N2. The van der Waals surface area contributed by atoms with Crippen LogP contribution in [0.5, 0.6) is 0 Å². The molecule has 0 aliphatic carbocycles. The molecule has 204 valence electrons. The van der Waals surface area contributed by atoms with Crippen molar-refractivity contribution < 1.29 is 0 Å². The summed E-state index contributed by atoms with van der Waals surface area (Å²) in [6.07, 6.45) is 0. The second-order valence-electron chi connectivity index (χ2n) is 11.9. The molecule has 0 saturated heterocycles. The number of aromatic nitrogens is 2. The summed E-state index contributed by atoms with van der Waals surface area (Å²) in [5.41, 5.74) is 8.42. The molecule has 0 bridgehead atoms. The zero-order chi connectivity index (χ0) is 28.8. The monoisotopic (exact) mass is 558 g/mol. The molecule has 8 aromatic carbocycles. The van der Waals surface area contributed by atoms with Gasteiger partial charge in [0.2, 0.25) is 0 Å². The predicted molar refractivity (Wildman–Crippen MR) is 188 cm³/mol. The first-order chi connectivity index (χ1) is 21.8. The number of rotatable bonds is 2. The zero-order valence-electron chi connectivity index (χ0n) is 23.9. The Bertz CT molecular complexity index is 2780. The van der Waals surface area contributed by atoms with Crippen LogP contribution in [0.3, 0.4) is 0 Å². The largest absolute Gasteiger partial charge is 0.354 e. The molecule has 2 heteroatoms. The highest BCUT2D eigenvalue weighted by Gasteiger charge is 2.16. The number of benzene rings is 8. The second kappa shape index (κ2) is 8.82. The Labute approximate surface area is 253 Å². The third-order valence-electron chi connectivity index (χ3n) is 9.44. The van der Waals surface area contributed by atoms with E-state index in [2.05, 4.69) is 161 Å². The van der Waals surface area contributed by atoms with E-state index in [1.165, 1.54) is 87.2 Å². The number of nitrogens with one attached hydrogen (secondary N) is 1. The van der Waals surface area contributed by atoms with E-state index in [0.717, 1.165) is 5.52 Å². The van der Waals surface area contributed by atoms with Gasteiger partial charge in [-0.1, -0.05) is 103 Å². The fourth-order valence-electron chi connectivity index (χ4n) is 7.34. The van der Waals surface area contributed by atoms with E-state index in [4.69, 9.17) is 0 Å². The average Bonchev–Trinajstić information content (AvgIpc) is 3.61. The quantitative estimate of drug-likeness (QED) is 0.218. The standard InChI is InChI=1S/C42H26N2/c1-2-9-28-21-29(14-13-26(28)7-1)30-15-16-32-23-33(19-17-31(32)22-30)44-40-12-6-5-11-35(40)36-24-37-39(25-41(36)44)43-38-20-18-27-8-3-4-10-34(27)42(37)38/h1-25,43H. The first-order valence-corrected chi connectivity index (χ1v) is 15.2. The van der Waals surface area contributed by atoms with E-state index in [1.807, 2.05) is 0 Å². The van der Waals surface area contributed by atoms with Gasteiger partial charge >= 0.3 is 0 Å². The molecule has 1 N–H and O–H groups in total. The van der Waals surface area contributed by atoms with Crippen LogP contribution in [0, 0.1) is 0 Å². The van der Waals surface area contributed by atoms with Crippen LogP contribution in [0.15, 0.2) is 152 Å². The Kier molecular flexibility index (Phi) is 4.75. The van der Waals surface area contributed by atoms with Gasteiger partial charge in [-0.2, -0.15) is 0 Å². The summed E-state index contributed by atoms with van der Waals surface area (Å²) in [6.45, 7) is 0. The summed E-state index contributed by atoms with van der Waals surface area (Å²) in [5.74, 6) is 0. The van der Waals surface area contributed by atoms with E-state index in [9.17, 15) is 0 Å². The normalized spacial score (nSPS) is 12.1. The molecule has 0 amide bonds. The van der Waals surface area contributed by atoms with E-state index in [1.54, 1.807) is 0 Å². The Morgan fingerprint density at radius 2 is 1.00 bits per heavy atom. The van der Waals surface area contributed by atoms with Crippen LogP contribution in [-0.4, -0.2) is 9.55 Å². The Morgan fingerprint density at radius 3 is 1.86 bits per heavy atom. The maximum Gasteiger partial charge on any atom is 0.0562 e. The molecule has 10 rings (SSSR count). The van der Waals surface area contributed by atoms with Crippen molar-refractivity contribution in [2.75, 3.05) is 0 Å². The fraction of sp³-hybridized carbons (Fsp3) is 0. The van der Waals surface area contributed by atoms with E-state index < -0.39 is 0 Å². The molecular weight excluding hydrogens is 532 g/mol. The SMILES string of the molecule is c1ccc2cc(-c3ccc4cc(-n5c6ccccc6c6cc7c(cc65)[nH]c5ccc6ccccc6c57)ccc4c3)ccc2c1. The molecule has 0 saturated carbocycles. The fourth-order valence-corrected chi connectivity index (χ4v) is 7.34. The van der Waals surface area contributed by atoms with Crippen molar-refractivity contribution >= 4 is 75.9 Å². The zero-order valence-corrected chi connectivity index (χ0v) is 23.9. The van der Waals surface area contributed by atoms with E-state index in [-0.39, 0.29) is 0 Å². The molecule has 0 unspecified atom stereocenters. The lowest BCUT2D eigenvalue weighted by molar-refractivity contribution is 1.19. The molecule has 0 atom stereocenters. The third-order valence-corrected chi connectivity index (χ3v) is 9.44. The van der Waals surface area contributed by atoms with Crippen molar-refractivity contribution in [1.29, 1.82) is 0 Å². The van der Waals surface area contributed by atoms with Gasteiger partial charge in [-0.15, -0.1) is 0 Å². The highest BCUT2D eigenvalue weighted by molar-refractivity contribution is 6.24. The second-order valence-corrected chi connectivity index (χ2v) is 11.9. The van der Waals surface area contributed by atoms with Gasteiger partial charge in [-0.25, -0.2) is 0 Å². The molecule has 2 nitrogen and oxygen atoms in total. The maximum absolute atomic E-state index is 3.73. The molecule has 0 spiro atoms. The molecule has 2 aromatic heterocycles. The summed E-state index contributed by atoms with van der Waals surface area (Å²) >= 11 is 0. The molecule has 0 aliphatic heterocycles. The molecule has 44 heavy (non-hydrogen) atoms. The maximum atomic E-state index is 3.73. The van der Waals surface area contributed by atoms with Crippen LogP contribution in [0.2, 0.25) is 0 Å².